The Kier molecular flexibility index (Phi) is 5.94. The minimum atomic E-state index is -4.82. The normalized spacial score (nSPS) is 19.3. The number of carbonyl (C=O) groups is 2. The second kappa shape index (κ2) is 8.88. The summed E-state index contributed by atoms with van der Waals surface area (Å²) >= 11 is 5.62. The molecule has 3 heterocycles. The quantitative estimate of drug-likeness (QED) is 0.559. The number of hydrogen-bond acceptors (Lipinski definition) is 7. The number of rotatable bonds is 3. The molecule has 0 radical (unpaired) electrons. The molecule has 2 aromatic rings. The second-order valence-electron chi connectivity index (χ2n) is 9.10. The molecular formula is C24H20F3N6O3S-. The zero-order chi connectivity index (χ0) is 26.5. The third-order valence-corrected chi connectivity index (χ3v) is 7.51. The van der Waals surface area contributed by atoms with Crippen molar-refractivity contribution in [2.24, 2.45) is 0 Å². The van der Waals surface area contributed by atoms with Crippen molar-refractivity contribution >= 4 is 46.4 Å². The van der Waals surface area contributed by atoms with Crippen LogP contribution in [0, 0.1) is 11.3 Å². The molecule has 1 aromatic carbocycles. The summed E-state index contributed by atoms with van der Waals surface area (Å²) in [6.45, 7) is 1.65. The van der Waals surface area contributed by atoms with E-state index in [1.54, 1.807) is 17.0 Å². The van der Waals surface area contributed by atoms with Crippen LogP contribution in [0.5, 0.6) is 0 Å². The molecule has 37 heavy (non-hydrogen) atoms. The van der Waals surface area contributed by atoms with E-state index in [0.717, 1.165) is 29.3 Å². The van der Waals surface area contributed by atoms with Crippen LogP contribution in [0.25, 0.3) is 0 Å². The zero-order valence-corrected chi connectivity index (χ0v) is 20.2. The molecule has 13 heteroatoms. The van der Waals surface area contributed by atoms with Crippen molar-refractivity contribution in [2.45, 2.75) is 31.0 Å². The maximum atomic E-state index is 13.6. The molecular weight excluding hydrogens is 509 g/mol. The maximum absolute atomic E-state index is 13.6. The highest BCUT2D eigenvalue weighted by molar-refractivity contribution is 7.81. The topological polar surface area (TPSA) is 107 Å². The third-order valence-electron chi connectivity index (χ3n) is 7.15. The van der Waals surface area contributed by atoms with Gasteiger partial charge in [-0.1, -0.05) is 0 Å². The van der Waals surface area contributed by atoms with Gasteiger partial charge in [-0.25, -0.2) is 4.98 Å². The molecule has 2 amide bonds. The van der Waals surface area contributed by atoms with Gasteiger partial charge in [0.25, 0.3) is 5.91 Å². The fourth-order valence-electron chi connectivity index (χ4n) is 5.05. The summed E-state index contributed by atoms with van der Waals surface area (Å²) in [5.74, 6) is -0.425. The van der Waals surface area contributed by atoms with Crippen molar-refractivity contribution in [2.75, 3.05) is 40.9 Å². The molecule has 9 nitrogen and oxygen atoms in total. The van der Waals surface area contributed by atoms with Gasteiger partial charge >= 0.3 is 6.18 Å². The maximum Gasteiger partial charge on any atom is 0.419 e. The van der Waals surface area contributed by atoms with Gasteiger partial charge in [-0.3, -0.25) is 9.69 Å². The fraction of sp³-hybridized carbons (Fsp3) is 0.375. The van der Waals surface area contributed by atoms with Gasteiger partial charge < -0.3 is 24.6 Å². The van der Waals surface area contributed by atoms with E-state index in [1.807, 2.05) is 17.0 Å². The molecule has 0 bridgehead atoms. The van der Waals surface area contributed by atoms with E-state index in [9.17, 15) is 27.9 Å². The number of halogens is 3. The molecule has 1 spiro atoms. The lowest BCUT2D eigenvalue weighted by atomic mass is 9.75. The Morgan fingerprint density at radius 2 is 1.70 bits per heavy atom. The van der Waals surface area contributed by atoms with Gasteiger partial charge in [0, 0.05) is 37.6 Å². The number of piperazine rings is 1. The van der Waals surface area contributed by atoms with Crippen LogP contribution < -0.4 is 19.8 Å². The van der Waals surface area contributed by atoms with Crippen molar-refractivity contribution in [1.29, 1.82) is 5.26 Å². The number of carbonyl (C=O) groups excluding carboxylic acids is 2. The molecule has 1 aliphatic carbocycles. The second-order valence-corrected chi connectivity index (χ2v) is 9.46. The molecule has 5 rings (SSSR count). The molecule has 1 saturated carbocycles. The smallest absolute Gasteiger partial charge is 0.419 e. The number of nitriles is 1. The molecule has 2 saturated heterocycles. The van der Waals surface area contributed by atoms with E-state index in [1.165, 1.54) is 11.0 Å². The van der Waals surface area contributed by atoms with Crippen molar-refractivity contribution < 1.29 is 27.9 Å². The Morgan fingerprint density at radius 1 is 1.08 bits per heavy atom. The van der Waals surface area contributed by atoms with E-state index >= 15 is 0 Å². The number of carboxylic acid groups (broad SMARTS) is 1. The first-order chi connectivity index (χ1) is 17.6. The number of hydrogen-bond donors (Lipinski definition) is 0. The molecule has 3 aliphatic rings. The lowest BCUT2D eigenvalue weighted by molar-refractivity contribution is -0.265. The van der Waals surface area contributed by atoms with Crippen LogP contribution in [0.15, 0.2) is 36.5 Å². The minimum absolute atomic E-state index is 0.0413. The summed E-state index contributed by atoms with van der Waals surface area (Å²) in [6.07, 6.45) is -3.22. The summed E-state index contributed by atoms with van der Waals surface area (Å²) in [5, 5.41) is 20.1. The fourth-order valence-corrected chi connectivity index (χ4v) is 5.52. The van der Waals surface area contributed by atoms with Crippen LogP contribution >= 0.6 is 12.2 Å². The van der Waals surface area contributed by atoms with E-state index < -0.39 is 35.0 Å². The first kappa shape index (κ1) is 24.8. The van der Waals surface area contributed by atoms with E-state index in [-0.39, 0.29) is 10.8 Å². The van der Waals surface area contributed by atoms with E-state index in [2.05, 4.69) is 4.98 Å². The number of pyridine rings is 1. The Labute approximate surface area is 215 Å². The number of amides is 2. The number of nitrogens with zero attached hydrogens (tertiary/aromatic N) is 6. The summed E-state index contributed by atoms with van der Waals surface area (Å²) < 4.78 is 40.6. The van der Waals surface area contributed by atoms with Crippen molar-refractivity contribution in [3.63, 3.8) is 0 Å². The average Bonchev–Trinajstić information content (AvgIpc) is 3.10. The number of alkyl halides is 3. The van der Waals surface area contributed by atoms with Gasteiger partial charge in [0.1, 0.15) is 17.7 Å². The van der Waals surface area contributed by atoms with Crippen molar-refractivity contribution in [3.8, 4) is 6.07 Å². The van der Waals surface area contributed by atoms with E-state index in [4.69, 9.17) is 17.5 Å². The lowest BCUT2D eigenvalue weighted by Gasteiger charge is -2.43. The summed E-state index contributed by atoms with van der Waals surface area (Å²) in [5.41, 5.74) is -1.66. The number of aromatic nitrogens is 1. The van der Waals surface area contributed by atoms with Crippen LogP contribution in [0.3, 0.4) is 0 Å². The monoisotopic (exact) mass is 529 g/mol. The van der Waals surface area contributed by atoms with Crippen molar-refractivity contribution in [1.82, 2.24) is 9.88 Å². The van der Waals surface area contributed by atoms with Gasteiger partial charge in [-0.15, -0.1) is 0 Å². The Hall–Kier alpha value is -3.92. The number of benzene rings is 1. The summed E-state index contributed by atoms with van der Waals surface area (Å²) in [6, 6.07) is 9.45. The van der Waals surface area contributed by atoms with Crippen LogP contribution in [-0.4, -0.2) is 58.7 Å². The zero-order valence-electron chi connectivity index (χ0n) is 19.4. The van der Waals surface area contributed by atoms with Crippen LogP contribution in [-0.2, 0) is 11.0 Å². The Balaban J connectivity index is 1.44. The van der Waals surface area contributed by atoms with E-state index in [0.29, 0.717) is 44.7 Å². The summed E-state index contributed by atoms with van der Waals surface area (Å²) in [4.78, 5) is 34.3. The van der Waals surface area contributed by atoms with Gasteiger partial charge in [-0.05, 0) is 61.8 Å². The molecule has 2 aliphatic heterocycles. The first-order valence-corrected chi connectivity index (χ1v) is 11.9. The highest BCUT2D eigenvalue weighted by atomic mass is 32.1. The van der Waals surface area contributed by atoms with Gasteiger partial charge in [0.2, 0.25) is 0 Å². The SMILES string of the molecule is N#Cc1ncc(N2C(=O)C3(CCC3)N(c3ccc(N4CCN(C(=O)[O-])CC4)cc3)C2=S)cc1C(F)(F)F. The number of thiocarbonyl (C=S) groups is 1. The average molecular weight is 530 g/mol. The predicted octanol–water partition coefficient (Wildman–Crippen LogP) is 2.50. The molecule has 3 fully saturated rings. The third kappa shape index (κ3) is 4.01. The molecule has 0 atom stereocenters. The largest absolute Gasteiger partial charge is 0.530 e. The lowest BCUT2D eigenvalue weighted by Crippen LogP contribution is -2.55. The van der Waals surface area contributed by atoms with Crippen LogP contribution in [0.1, 0.15) is 30.5 Å². The Morgan fingerprint density at radius 3 is 2.22 bits per heavy atom. The highest BCUT2D eigenvalue weighted by Gasteiger charge is 2.59. The van der Waals surface area contributed by atoms with Gasteiger partial charge in [0.05, 0.1) is 17.4 Å². The highest BCUT2D eigenvalue weighted by Crippen LogP contribution is 2.48. The minimum Gasteiger partial charge on any atom is -0.530 e. The van der Waals surface area contributed by atoms with Gasteiger partial charge in [-0.2, -0.15) is 18.4 Å². The molecule has 0 unspecified atom stereocenters. The van der Waals surface area contributed by atoms with Crippen LogP contribution in [0.4, 0.5) is 35.0 Å². The predicted molar refractivity (Wildman–Crippen MR) is 129 cm³/mol. The molecule has 0 N–H and O–H groups in total. The van der Waals surface area contributed by atoms with Crippen molar-refractivity contribution in [3.05, 3.63) is 47.8 Å². The first-order valence-electron chi connectivity index (χ1n) is 11.5. The molecule has 1 aromatic heterocycles. The summed E-state index contributed by atoms with van der Waals surface area (Å²) in [7, 11) is 0. The van der Waals surface area contributed by atoms with Crippen LogP contribution in [0.2, 0.25) is 0 Å². The Bertz CT molecular complexity index is 1310. The standard InChI is InChI=1S/C24H21F3N6O3S/c25-24(26,27)18-12-17(14-29-19(18)13-28)32-20(34)23(6-1-7-23)33(21(32)37)16-4-2-15(3-5-16)30-8-10-31(11-9-30)22(35)36/h2-5,12,14H,1,6-11H2,(H,35,36)/p-1. The number of anilines is 3. The van der Waals surface area contributed by atoms with Gasteiger partial charge in [0.15, 0.2) is 10.8 Å². The molecule has 192 valence electrons.